The molecule has 1 saturated heterocycles. The molecule has 0 radical (unpaired) electrons. The highest BCUT2D eigenvalue weighted by Crippen LogP contribution is 2.33. The zero-order chi connectivity index (χ0) is 11.6. The summed E-state index contributed by atoms with van der Waals surface area (Å²) in [6, 6.07) is 10.0. The van der Waals surface area contributed by atoms with Crippen molar-refractivity contribution in [3.63, 3.8) is 0 Å². The van der Waals surface area contributed by atoms with Crippen molar-refractivity contribution in [3.8, 4) is 0 Å². The van der Waals surface area contributed by atoms with Crippen molar-refractivity contribution in [1.82, 2.24) is 0 Å². The minimum absolute atomic E-state index is 0.397. The van der Waals surface area contributed by atoms with Gasteiger partial charge in [-0.25, -0.2) is 4.79 Å². The maximum absolute atomic E-state index is 11.0. The number of carbonyl (C=O) groups is 1. The Kier molecular flexibility index (Phi) is 2.69. The van der Waals surface area contributed by atoms with Gasteiger partial charge in [-0.1, -0.05) is 36.9 Å². The zero-order valence-corrected chi connectivity index (χ0v) is 9.23. The molecule has 1 aromatic carbocycles. The molecule has 1 unspecified atom stereocenters. The topological polar surface area (TPSA) is 35.5 Å². The van der Waals surface area contributed by atoms with Crippen LogP contribution in [0.25, 0.3) is 0 Å². The van der Waals surface area contributed by atoms with E-state index >= 15 is 0 Å². The summed E-state index contributed by atoms with van der Waals surface area (Å²) in [7, 11) is 0. The molecule has 1 heterocycles. The average Bonchev–Trinajstić information content (AvgIpc) is 2.52. The Labute approximate surface area is 94.7 Å². The Bertz CT molecular complexity index is 410. The van der Waals surface area contributed by atoms with Crippen LogP contribution in [-0.2, 0) is 15.9 Å². The fourth-order valence-corrected chi connectivity index (χ4v) is 1.69. The molecule has 0 aromatic heterocycles. The van der Waals surface area contributed by atoms with Gasteiger partial charge in [0, 0.05) is 0 Å². The second-order valence-electron chi connectivity index (χ2n) is 4.09. The molecule has 1 aromatic rings. The van der Waals surface area contributed by atoms with E-state index in [0.717, 1.165) is 6.42 Å². The Morgan fingerprint density at radius 3 is 2.56 bits per heavy atom. The van der Waals surface area contributed by atoms with Gasteiger partial charge in [0.1, 0.15) is 5.76 Å². The van der Waals surface area contributed by atoms with Gasteiger partial charge in [-0.15, -0.1) is 0 Å². The van der Waals surface area contributed by atoms with Crippen LogP contribution in [0.2, 0.25) is 0 Å². The van der Waals surface area contributed by atoms with Crippen molar-refractivity contribution >= 4 is 6.16 Å². The number of benzene rings is 1. The molecule has 3 nitrogen and oxygen atoms in total. The molecule has 1 fully saturated rings. The highest BCUT2D eigenvalue weighted by Gasteiger charge is 2.41. The van der Waals surface area contributed by atoms with Crippen LogP contribution in [0.4, 0.5) is 4.79 Å². The standard InChI is InChI=1S/C13H14O3/c1-10-13(2,16-12(14)15-10)9-8-11-6-4-3-5-7-11/h3-7H,1,8-9H2,2H3. The van der Waals surface area contributed by atoms with E-state index in [4.69, 9.17) is 9.47 Å². The summed E-state index contributed by atoms with van der Waals surface area (Å²) in [4.78, 5) is 11.0. The summed E-state index contributed by atoms with van der Waals surface area (Å²) in [5.41, 5.74) is 0.520. The molecule has 3 heteroatoms. The second-order valence-corrected chi connectivity index (χ2v) is 4.09. The van der Waals surface area contributed by atoms with Gasteiger partial charge in [0.05, 0.1) is 0 Å². The number of hydrogen-bond acceptors (Lipinski definition) is 3. The first-order chi connectivity index (χ1) is 7.60. The Morgan fingerprint density at radius 2 is 2.00 bits per heavy atom. The van der Waals surface area contributed by atoms with Gasteiger partial charge in [0.15, 0.2) is 5.60 Å². The number of aryl methyl sites for hydroxylation is 1. The summed E-state index contributed by atoms with van der Waals surface area (Å²) in [5, 5.41) is 0. The van der Waals surface area contributed by atoms with Crippen LogP contribution < -0.4 is 0 Å². The first-order valence-electron chi connectivity index (χ1n) is 5.24. The van der Waals surface area contributed by atoms with Gasteiger partial charge >= 0.3 is 6.16 Å². The van der Waals surface area contributed by atoms with Crippen LogP contribution in [0.1, 0.15) is 18.9 Å². The highest BCUT2D eigenvalue weighted by atomic mass is 16.8. The van der Waals surface area contributed by atoms with E-state index in [9.17, 15) is 4.79 Å². The van der Waals surface area contributed by atoms with Crippen LogP contribution in [0.15, 0.2) is 42.7 Å². The average molecular weight is 218 g/mol. The summed E-state index contributed by atoms with van der Waals surface area (Å²) in [6.07, 6.45) is 0.856. The lowest BCUT2D eigenvalue weighted by atomic mass is 9.95. The van der Waals surface area contributed by atoms with Crippen molar-refractivity contribution in [3.05, 3.63) is 48.2 Å². The zero-order valence-electron chi connectivity index (χ0n) is 9.23. The number of carbonyl (C=O) groups excluding carboxylic acids is 1. The molecule has 0 amide bonds. The lowest BCUT2D eigenvalue weighted by Crippen LogP contribution is -2.26. The lowest BCUT2D eigenvalue weighted by molar-refractivity contribution is 0.0717. The SMILES string of the molecule is C=C1OC(=O)OC1(C)CCc1ccccc1. The largest absolute Gasteiger partial charge is 0.514 e. The number of ether oxygens (including phenoxy) is 2. The maximum atomic E-state index is 11.0. The van der Waals surface area contributed by atoms with Gasteiger partial charge < -0.3 is 9.47 Å². The third-order valence-electron chi connectivity index (χ3n) is 2.84. The molecule has 16 heavy (non-hydrogen) atoms. The normalized spacial score (nSPS) is 24.1. The highest BCUT2D eigenvalue weighted by molar-refractivity contribution is 5.66. The van der Waals surface area contributed by atoms with Gasteiger partial charge in [-0.2, -0.15) is 0 Å². The molecule has 84 valence electrons. The van der Waals surface area contributed by atoms with E-state index < -0.39 is 11.8 Å². The van der Waals surface area contributed by atoms with Crippen molar-refractivity contribution in [2.75, 3.05) is 0 Å². The Morgan fingerprint density at radius 1 is 1.31 bits per heavy atom. The first kappa shape index (κ1) is 10.7. The quantitative estimate of drug-likeness (QED) is 0.731. The number of rotatable bonds is 3. The van der Waals surface area contributed by atoms with E-state index in [1.54, 1.807) is 0 Å². The molecule has 0 spiro atoms. The van der Waals surface area contributed by atoms with Gasteiger partial charge in [-0.3, -0.25) is 0 Å². The Hall–Kier alpha value is -1.77. The minimum Gasteiger partial charge on any atom is -0.419 e. The van der Waals surface area contributed by atoms with Crippen molar-refractivity contribution in [2.45, 2.75) is 25.4 Å². The minimum atomic E-state index is -0.688. The Balaban J connectivity index is 2.00. The van der Waals surface area contributed by atoms with Crippen LogP contribution >= 0.6 is 0 Å². The van der Waals surface area contributed by atoms with Crippen LogP contribution in [0.3, 0.4) is 0 Å². The lowest BCUT2D eigenvalue weighted by Gasteiger charge is -2.20. The third-order valence-corrected chi connectivity index (χ3v) is 2.84. The molecule has 2 rings (SSSR count). The van der Waals surface area contributed by atoms with E-state index in [1.165, 1.54) is 5.56 Å². The van der Waals surface area contributed by atoms with E-state index in [0.29, 0.717) is 12.2 Å². The number of hydrogen-bond donors (Lipinski definition) is 0. The predicted octanol–water partition coefficient (Wildman–Crippen LogP) is 3.06. The molecule has 0 saturated carbocycles. The summed E-state index contributed by atoms with van der Waals surface area (Å²) in [6.45, 7) is 5.52. The molecule has 1 atom stereocenters. The molecule has 0 bridgehead atoms. The molecule has 1 aliphatic rings. The van der Waals surface area contributed by atoms with Gasteiger partial charge in [-0.05, 0) is 25.3 Å². The number of cyclic esters (lactones) is 2. The monoisotopic (exact) mass is 218 g/mol. The summed E-state index contributed by atoms with van der Waals surface area (Å²) >= 11 is 0. The van der Waals surface area contributed by atoms with Crippen LogP contribution in [-0.4, -0.2) is 11.8 Å². The fourth-order valence-electron chi connectivity index (χ4n) is 1.69. The third kappa shape index (κ3) is 2.08. The molecular formula is C13H14O3. The smallest absolute Gasteiger partial charge is 0.419 e. The van der Waals surface area contributed by atoms with Crippen molar-refractivity contribution < 1.29 is 14.3 Å². The maximum Gasteiger partial charge on any atom is 0.514 e. The first-order valence-corrected chi connectivity index (χ1v) is 5.24. The van der Waals surface area contributed by atoms with E-state index in [2.05, 4.69) is 6.58 Å². The van der Waals surface area contributed by atoms with Crippen LogP contribution in [0, 0.1) is 0 Å². The van der Waals surface area contributed by atoms with Crippen molar-refractivity contribution in [1.29, 1.82) is 0 Å². The molecular weight excluding hydrogens is 204 g/mol. The van der Waals surface area contributed by atoms with E-state index in [1.807, 2.05) is 37.3 Å². The van der Waals surface area contributed by atoms with E-state index in [-0.39, 0.29) is 0 Å². The van der Waals surface area contributed by atoms with Crippen molar-refractivity contribution in [2.24, 2.45) is 0 Å². The van der Waals surface area contributed by atoms with Crippen LogP contribution in [0.5, 0.6) is 0 Å². The van der Waals surface area contributed by atoms with Gasteiger partial charge in [0.25, 0.3) is 0 Å². The molecule has 0 N–H and O–H groups in total. The molecule has 1 aliphatic heterocycles. The second kappa shape index (κ2) is 4.00. The fraction of sp³-hybridized carbons (Fsp3) is 0.308. The molecule has 0 aliphatic carbocycles. The summed E-state index contributed by atoms with van der Waals surface area (Å²) < 4.78 is 9.93. The predicted molar refractivity (Wildman–Crippen MR) is 59.9 cm³/mol. The van der Waals surface area contributed by atoms with Gasteiger partial charge in [0.2, 0.25) is 0 Å². The summed E-state index contributed by atoms with van der Waals surface area (Å²) in [5.74, 6) is 0.397.